The normalized spacial score (nSPS) is 31.1. The van der Waals surface area contributed by atoms with Gasteiger partial charge in [0.05, 0.1) is 0 Å². The second-order valence-electron chi connectivity index (χ2n) is 4.75. The number of thioether (sulfide) groups is 1. The van der Waals surface area contributed by atoms with E-state index in [1.165, 1.54) is 43.6 Å². The first-order chi connectivity index (χ1) is 6.92. The van der Waals surface area contributed by atoms with Crippen LogP contribution in [-0.2, 0) is 0 Å². The molecule has 14 heavy (non-hydrogen) atoms. The van der Waals surface area contributed by atoms with Crippen LogP contribution in [0.3, 0.4) is 0 Å². The van der Waals surface area contributed by atoms with Crippen molar-refractivity contribution in [3.05, 3.63) is 0 Å². The summed E-state index contributed by atoms with van der Waals surface area (Å²) in [5.41, 5.74) is 0. The van der Waals surface area contributed by atoms with Gasteiger partial charge in [-0.3, -0.25) is 0 Å². The van der Waals surface area contributed by atoms with E-state index >= 15 is 0 Å². The molecule has 1 nitrogen and oxygen atoms in total. The number of hydrogen-bond acceptors (Lipinski definition) is 2. The van der Waals surface area contributed by atoms with Crippen molar-refractivity contribution in [1.29, 1.82) is 0 Å². The average molecular weight is 213 g/mol. The van der Waals surface area contributed by atoms with Gasteiger partial charge in [-0.25, -0.2) is 0 Å². The molecular formula is C12H23NS. The van der Waals surface area contributed by atoms with Gasteiger partial charge in [-0.2, -0.15) is 11.8 Å². The second kappa shape index (κ2) is 5.41. The zero-order chi connectivity index (χ0) is 9.80. The summed E-state index contributed by atoms with van der Waals surface area (Å²) in [6, 6.07) is 0.845. The van der Waals surface area contributed by atoms with Gasteiger partial charge in [0.2, 0.25) is 0 Å². The van der Waals surface area contributed by atoms with Crippen LogP contribution < -0.4 is 5.32 Å². The molecule has 0 aromatic rings. The monoisotopic (exact) mass is 213 g/mol. The highest BCUT2D eigenvalue weighted by molar-refractivity contribution is 7.99. The molecule has 2 fully saturated rings. The fourth-order valence-corrected chi connectivity index (χ4v) is 4.42. The molecule has 0 amide bonds. The molecule has 2 heteroatoms. The quantitative estimate of drug-likeness (QED) is 0.770. The topological polar surface area (TPSA) is 12.0 Å². The predicted molar refractivity (Wildman–Crippen MR) is 64.9 cm³/mol. The second-order valence-corrected chi connectivity index (χ2v) is 5.90. The first-order valence-corrected chi connectivity index (χ1v) is 7.38. The SMILES string of the molecule is CCNC(C1CCCC1)C1CCSC1. The molecule has 2 aliphatic rings. The highest BCUT2D eigenvalue weighted by Gasteiger charge is 2.32. The fraction of sp³-hybridized carbons (Fsp3) is 1.00. The van der Waals surface area contributed by atoms with E-state index in [0.29, 0.717) is 0 Å². The van der Waals surface area contributed by atoms with E-state index in [9.17, 15) is 0 Å². The summed E-state index contributed by atoms with van der Waals surface area (Å²) < 4.78 is 0. The Kier molecular flexibility index (Phi) is 4.18. The summed E-state index contributed by atoms with van der Waals surface area (Å²) in [7, 11) is 0. The van der Waals surface area contributed by atoms with Gasteiger partial charge in [0, 0.05) is 6.04 Å². The molecular weight excluding hydrogens is 190 g/mol. The van der Waals surface area contributed by atoms with E-state index in [1.807, 2.05) is 0 Å². The van der Waals surface area contributed by atoms with E-state index in [0.717, 1.165) is 24.4 Å². The zero-order valence-electron chi connectivity index (χ0n) is 9.30. The Morgan fingerprint density at radius 1 is 1.21 bits per heavy atom. The van der Waals surface area contributed by atoms with Crippen molar-refractivity contribution < 1.29 is 0 Å². The molecule has 2 atom stereocenters. The molecule has 1 heterocycles. The molecule has 2 rings (SSSR count). The number of hydrogen-bond donors (Lipinski definition) is 1. The first-order valence-electron chi connectivity index (χ1n) is 6.23. The molecule has 0 bridgehead atoms. The van der Waals surface area contributed by atoms with Crippen molar-refractivity contribution in [2.24, 2.45) is 11.8 Å². The van der Waals surface area contributed by atoms with Crippen molar-refractivity contribution in [2.45, 2.75) is 45.1 Å². The van der Waals surface area contributed by atoms with Gasteiger partial charge in [-0.1, -0.05) is 19.8 Å². The van der Waals surface area contributed by atoms with Gasteiger partial charge >= 0.3 is 0 Å². The van der Waals surface area contributed by atoms with Crippen LogP contribution in [0.15, 0.2) is 0 Å². The molecule has 0 aromatic heterocycles. The third kappa shape index (κ3) is 2.46. The number of rotatable bonds is 4. The Morgan fingerprint density at radius 2 is 2.00 bits per heavy atom. The Hall–Kier alpha value is 0.310. The fourth-order valence-electron chi connectivity index (χ4n) is 3.11. The Morgan fingerprint density at radius 3 is 2.57 bits per heavy atom. The van der Waals surface area contributed by atoms with Crippen LogP contribution in [0.5, 0.6) is 0 Å². The largest absolute Gasteiger partial charge is 0.314 e. The van der Waals surface area contributed by atoms with E-state index in [-0.39, 0.29) is 0 Å². The van der Waals surface area contributed by atoms with Gasteiger partial charge in [-0.05, 0) is 49.1 Å². The minimum atomic E-state index is 0.845. The third-order valence-corrected chi connectivity index (χ3v) is 5.01. The van der Waals surface area contributed by atoms with Gasteiger partial charge in [0.15, 0.2) is 0 Å². The summed E-state index contributed by atoms with van der Waals surface area (Å²) in [6.07, 6.45) is 7.38. The number of nitrogens with one attached hydrogen (secondary N) is 1. The van der Waals surface area contributed by atoms with Crippen molar-refractivity contribution in [1.82, 2.24) is 5.32 Å². The summed E-state index contributed by atoms with van der Waals surface area (Å²) in [4.78, 5) is 0. The van der Waals surface area contributed by atoms with Crippen LogP contribution in [0.25, 0.3) is 0 Å². The maximum Gasteiger partial charge on any atom is 0.0132 e. The van der Waals surface area contributed by atoms with Crippen LogP contribution >= 0.6 is 11.8 Å². The Bertz CT molecular complexity index is 144. The average Bonchev–Trinajstić information content (AvgIpc) is 2.87. The van der Waals surface area contributed by atoms with Gasteiger partial charge < -0.3 is 5.32 Å². The van der Waals surface area contributed by atoms with E-state index < -0.39 is 0 Å². The zero-order valence-corrected chi connectivity index (χ0v) is 10.1. The molecule has 0 aromatic carbocycles. The lowest BCUT2D eigenvalue weighted by atomic mass is 9.86. The van der Waals surface area contributed by atoms with Gasteiger partial charge in [0.25, 0.3) is 0 Å². The van der Waals surface area contributed by atoms with Crippen molar-refractivity contribution in [3.8, 4) is 0 Å². The maximum atomic E-state index is 3.75. The van der Waals surface area contributed by atoms with Crippen LogP contribution in [0.2, 0.25) is 0 Å². The maximum absolute atomic E-state index is 3.75. The molecule has 1 saturated heterocycles. The molecule has 0 spiro atoms. The third-order valence-electron chi connectivity index (χ3n) is 3.82. The molecule has 2 unspecified atom stereocenters. The summed E-state index contributed by atoms with van der Waals surface area (Å²) in [6.45, 7) is 3.41. The summed E-state index contributed by atoms with van der Waals surface area (Å²) in [5, 5.41) is 3.75. The highest BCUT2D eigenvalue weighted by Crippen LogP contribution is 2.36. The Labute approximate surface area is 92.4 Å². The molecule has 1 aliphatic heterocycles. The van der Waals surface area contributed by atoms with Crippen LogP contribution in [0.1, 0.15) is 39.0 Å². The molecule has 82 valence electrons. The van der Waals surface area contributed by atoms with E-state index in [2.05, 4.69) is 24.0 Å². The van der Waals surface area contributed by atoms with Gasteiger partial charge in [0.1, 0.15) is 0 Å². The summed E-state index contributed by atoms with van der Waals surface area (Å²) >= 11 is 2.16. The lowest BCUT2D eigenvalue weighted by molar-refractivity contribution is 0.280. The smallest absolute Gasteiger partial charge is 0.0132 e. The van der Waals surface area contributed by atoms with Crippen LogP contribution in [0.4, 0.5) is 0 Å². The van der Waals surface area contributed by atoms with E-state index in [1.54, 1.807) is 0 Å². The van der Waals surface area contributed by atoms with Crippen LogP contribution in [-0.4, -0.2) is 24.1 Å². The molecule has 1 saturated carbocycles. The van der Waals surface area contributed by atoms with E-state index in [4.69, 9.17) is 0 Å². The lowest BCUT2D eigenvalue weighted by Crippen LogP contribution is -2.41. The van der Waals surface area contributed by atoms with Crippen molar-refractivity contribution >= 4 is 11.8 Å². The lowest BCUT2D eigenvalue weighted by Gasteiger charge is -2.29. The highest BCUT2D eigenvalue weighted by atomic mass is 32.2. The predicted octanol–water partition coefficient (Wildman–Crippen LogP) is 2.91. The van der Waals surface area contributed by atoms with Crippen molar-refractivity contribution in [2.75, 3.05) is 18.1 Å². The first kappa shape index (κ1) is 10.8. The van der Waals surface area contributed by atoms with Crippen LogP contribution in [0, 0.1) is 11.8 Å². The Balaban J connectivity index is 1.91. The standard InChI is InChI=1S/C12H23NS/c1-2-13-12(10-5-3-4-6-10)11-7-8-14-9-11/h10-13H,2-9H2,1H3. The molecule has 0 radical (unpaired) electrons. The molecule has 1 aliphatic carbocycles. The summed E-state index contributed by atoms with van der Waals surface area (Å²) in [5.74, 6) is 4.79. The van der Waals surface area contributed by atoms with Gasteiger partial charge in [-0.15, -0.1) is 0 Å². The minimum Gasteiger partial charge on any atom is -0.314 e. The van der Waals surface area contributed by atoms with Crippen molar-refractivity contribution in [3.63, 3.8) is 0 Å². The molecule has 1 N–H and O–H groups in total. The minimum absolute atomic E-state index is 0.845.